The van der Waals surface area contributed by atoms with Gasteiger partial charge in [-0.3, -0.25) is 5.73 Å². The number of nitrogens with zero attached hydrogens (tertiary/aromatic N) is 1. The van der Waals surface area contributed by atoms with Crippen molar-refractivity contribution in [2.75, 3.05) is 19.5 Å². The predicted octanol–water partition coefficient (Wildman–Crippen LogP) is 5.23. The molecule has 1 aliphatic rings. The Hall–Kier alpha value is -3.19. The predicted molar refractivity (Wildman–Crippen MR) is 130 cm³/mol. The molecule has 3 aromatic carbocycles. The number of nitrogens with one attached hydrogen (secondary N) is 2. The second-order valence-corrected chi connectivity index (χ2v) is 7.95. The van der Waals surface area contributed by atoms with Gasteiger partial charge in [0.05, 0.1) is 24.3 Å². The van der Waals surface area contributed by atoms with Crippen LogP contribution in [0.3, 0.4) is 0 Å². The SMILES string of the molecule is COc1ccc(NC2=NC(N)(c3ccc(OC)c(Cl)c3)NC(c3ccccc3)=C2)cc1Cl. The fourth-order valence-corrected chi connectivity index (χ4v) is 3.91. The second kappa shape index (κ2) is 9.12. The highest BCUT2D eigenvalue weighted by atomic mass is 35.5. The van der Waals surface area contributed by atoms with Crippen LogP contribution in [0.1, 0.15) is 11.1 Å². The van der Waals surface area contributed by atoms with Gasteiger partial charge in [-0.05, 0) is 42.0 Å². The molecule has 8 heteroatoms. The number of ether oxygens (including phenoxy) is 2. The van der Waals surface area contributed by atoms with Crippen LogP contribution in [0.5, 0.6) is 11.5 Å². The Morgan fingerprint density at radius 2 is 1.56 bits per heavy atom. The first-order chi connectivity index (χ1) is 15.4. The lowest BCUT2D eigenvalue weighted by Gasteiger charge is -2.34. The van der Waals surface area contributed by atoms with Gasteiger partial charge in [0.25, 0.3) is 0 Å². The summed E-state index contributed by atoms with van der Waals surface area (Å²) in [5.41, 5.74) is 9.95. The molecule has 4 N–H and O–H groups in total. The minimum atomic E-state index is -1.27. The fourth-order valence-electron chi connectivity index (χ4n) is 3.40. The van der Waals surface area contributed by atoms with E-state index in [1.165, 1.54) is 0 Å². The second-order valence-electron chi connectivity index (χ2n) is 7.14. The van der Waals surface area contributed by atoms with Crippen molar-refractivity contribution in [1.29, 1.82) is 0 Å². The molecule has 6 nitrogen and oxygen atoms in total. The van der Waals surface area contributed by atoms with Crippen LogP contribution in [0.2, 0.25) is 10.0 Å². The summed E-state index contributed by atoms with van der Waals surface area (Å²) in [5, 5.41) is 7.56. The van der Waals surface area contributed by atoms with E-state index in [0.29, 0.717) is 32.9 Å². The fraction of sp³-hybridized carbons (Fsp3) is 0.125. The maximum Gasteiger partial charge on any atom is 0.211 e. The third-order valence-electron chi connectivity index (χ3n) is 5.00. The number of rotatable bonds is 5. The normalized spacial score (nSPS) is 17.7. The van der Waals surface area contributed by atoms with Crippen LogP contribution < -0.4 is 25.8 Å². The summed E-state index contributed by atoms with van der Waals surface area (Å²) in [6.07, 6.45) is 1.89. The molecule has 4 rings (SSSR count). The van der Waals surface area contributed by atoms with E-state index in [1.54, 1.807) is 38.5 Å². The summed E-state index contributed by atoms with van der Waals surface area (Å²) >= 11 is 12.6. The molecule has 1 atom stereocenters. The molecule has 1 unspecified atom stereocenters. The summed E-state index contributed by atoms with van der Waals surface area (Å²) in [6, 6.07) is 20.6. The molecule has 0 aromatic heterocycles. The van der Waals surface area contributed by atoms with Crippen molar-refractivity contribution in [2.24, 2.45) is 10.7 Å². The van der Waals surface area contributed by atoms with E-state index in [0.717, 1.165) is 16.9 Å². The van der Waals surface area contributed by atoms with Gasteiger partial charge in [0, 0.05) is 23.0 Å². The van der Waals surface area contributed by atoms with Crippen LogP contribution in [-0.2, 0) is 5.79 Å². The van der Waals surface area contributed by atoms with Crippen LogP contribution in [0.4, 0.5) is 5.69 Å². The molecule has 0 spiro atoms. The number of aliphatic imine (C=N–C) groups is 1. The number of methoxy groups -OCH3 is 2. The quantitative estimate of drug-likeness (QED) is 0.477. The highest BCUT2D eigenvalue weighted by molar-refractivity contribution is 6.32. The lowest BCUT2D eigenvalue weighted by atomic mass is 10.0. The average molecular weight is 469 g/mol. The van der Waals surface area contributed by atoms with Gasteiger partial charge in [0.1, 0.15) is 17.3 Å². The van der Waals surface area contributed by atoms with E-state index in [-0.39, 0.29) is 0 Å². The molecule has 0 bridgehead atoms. The third-order valence-corrected chi connectivity index (χ3v) is 5.59. The van der Waals surface area contributed by atoms with Crippen molar-refractivity contribution in [1.82, 2.24) is 5.32 Å². The smallest absolute Gasteiger partial charge is 0.211 e. The van der Waals surface area contributed by atoms with Crippen molar-refractivity contribution in [3.8, 4) is 11.5 Å². The topological polar surface area (TPSA) is 80.9 Å². The molecule has 0 saturated heterocycles. The number of hydrogen-bond donors (Lipinski definition) is 3. The number of benzene rings is 3. The summed E-state index contributed by atoms with van der Waals surface area (Å²) < 4.78 is 10.5. The molecular formula is C24H22Cl2N4O2. The highest BCUT2D eigenvalue weighted by Crippen LogP contribution is 2.33. The van der Waals surface area contributed by atoms with Crippen LogP contribution in [0.15, 0.2) is 77.8 Å². The van der Waals surface area contributed by atoms with Gasteiger partial charge in [-0.1, -0.05) is 53.5 Å². The molecule has 1 heterocycles. The van der Waals surface area contributed by atoms with Gasteiger partial charge in [-0.25, -0.2) is 4.99 Å². The molecule has 0 radical (unpaired) electrons. The Balaban J connectivity index is 1.76. The zero-order valence-electron chi connectivity index (χ0n) is 17.5. The summed E-state index contributed by atoms with van der Waals surface area (Å²) in [5.74, 6) is 0.433. The third kappa shape index (κ3) is 4.53. The van der Waals surface area contributed by atoms with Crippen LogP contribution in [0, 0.1) is 0 Å². The van der Waals surface area contributed by atoms with E-state index >= 15 is 0 Å². The first-order valence-corrected chi connectivity index (χ1v) is 10.6. The lowest BCUT2D eigenvalue weighted by Crippen LogP contribution is -2.51. The Morgan fingerprint density at radius 1 is 0.906 bits per heavy atom. The maximum atomic E-state index is 6.76. The van der Waals surface area contributed by atoms with E-state index in [9.17, 15) is 0 Å². The number of hydrogen-bond acceptors (Lipinski definition) is 6. The standard InChI is InChI=1S/C24H22Cl2N4O2/c1-31-21-10-8-16(12-18(21)25)24(27)29-20(15-6-4-3-5-7-15)14-23(30-24)28-17-9-11-22(32-2)19(26)13-17/h3-14,29H,27H2,1-2H3,(H,28,30). The van der Waals surface area contributed by atoms with Crippen molar-refractivity contribution in [3.05, 3.63) is 94.0 Å². The molecule has 32 heavy (non-hydrogen) atoms. The average Bonchev–Trinajstić information content (AvgIpc) is 2.79. The van der Waals surface area contributed by atoms with Crippen LogP contribution >= 0.6 is 23.2 Å². The molecule has 0 amide bonds. The van der Waals surface area contributed by atoms with E-state index in [4.69, 9.17) is 43.4 Å². The van der Waals surface area contributed by atoms with Gasteiger partial charge in [0.2, 0.25) is 5.79 Å². The Kier molecular flexibility index (Phi) is 6.28. The van der Waals surface area contributed by atoms with Gasteiger partial charge < -0.3 is 20.1 Å². The van der Waals surface area contributed by atoms with Gasteiger partial charge in [0.15, 0.2) is 0 Å². The molecular weight excluding hydrogens is 447 g/mol. The first-order valence-electron chi connectivity index (χ1n) is 9.80. The summed E-state index contributed by atoms with van der Waals surface area (Å²) in [7, 11) is 3.14. The largest absolute Gasteiger partial charge is 0.495 e. The zero-order chi connectivity index (χ0) is 22.7. The molecule has 0 aliphatic carbocycles. The zero-order valence-corrected chi connectivity index (χ0v) is 19.0. The van der Waals surface area contributed by atoms with Gasteiger partial charge in [-0.15, -0.1) is 0 Å². The number of halogens is 2. The highest BCUT2D eigenvalue weighted by Gasteiger charge is 2.32. The summed E-state index contributed by atoms with van der Waals surface area (Å²) in [4.78, 5) is 4.75. The summed E-state index contributed by atoms with van der Waals surface area (Å²) in [6.45, 7) is 0. The van der Waals surface area contributed by atoms with Crippen molar-refractivity contribution in [2.45, 2.75) is 5.79 Å². The minimum Gasteiger partial charge on any atom is -0.495 e. The van der Waals surface area contributed by atoms with Crippen molar-refractivity contribution in [3.63, 3.8) is 0 Å². The van der Waals surface area contributed by atoms with Crippen LogP contribution in [-0.4, -0.2) is 20.1 Å². The molecule has 0 fully saturated rings. The first kappa shape index (κ1) is 22.0. The molecule has 3 aromatic rings. The maximum absolute atomic E-state index is 6.76. The van der Waals surface area contributed by atoms with E-state index in [2.05, 4.69) is 10.6 Å². The molecule has 164 valence electrons. The van der Waals surface area contributed by atoms with E-state index < -0.39 is 5.79 Å². The number of anilines is 1. The monoisotopic (exact) mass is 468 g/mol. The number of nitrogens with two attached hydrogens (primary N) is 1. The molecule has 1 aliphatic heterocycles. The minimum absolute atomic E-state index is 0.444. The molecule has 0 saturated carbocycles. The van der Waals surface area contributed by atoms with Crippen LogP contribution in [0.25, 0.3) is 5.70 Å². The van der Waals surface area contributed by atoms with E-state index in [1.807, 2.05) is 48.5 Å². The number of amidine groups is 1. The Bertz CT molecular complexity index is 1200. The van der Waals surface area contributed by atoms with Gasteiger partial charge in [-0.2, -0.15) is 0 Å². The Labute approximate surface area is 196 Å². The lowest BCUT2D eigenvalue weighted by molar-refractivity contribution is 0.407. The van der Waals surface area contributed by atoms with Crippen molar-refractivity contribution >= 4 is 40.4 Å². The van der Waals surface area contributed by atoms with Crippen molar-refractivity contribution < 1.29 is 9.47 Å². The van der Waals surface area contributed by atoms with Gasteiger partial charge >= 0.3 is 0 Å². The Morgan fingerprint density at radius 3 is 2.19 bits per heavy atom.